The Morgan fingerprint density at radius 2 is 2.12 bits per heavy atom. The lowest BCUT2D eigenvalue weighted by Gasteiger charge is -2.21. The average Bonchev–Trinajstić information content (AvgIpc) is 2.26. The molecule has 0 aromatic heterocycles. The smallest absolute Gasteiger partial charge is 0.222 e. The van der Waals surface area contributed by atoms with Gasteiger partial charge in [0.1, 0.15) is 0 Å². The summed E-state index contributed by atoms with van der Waals surface area (Å²) in [5.74, 6) is 0.141. The maximum atomic E-state index is 11.8. The number of ether oxygens (including phenoxy) is 1. The summed E-state index contributed by atoms with van der Waals surface area (Å²) < 4.78 is 5.10. The topological polar surface area (TPSA) is 55.6 Å². The molecule has 0 aliphatic rings. The number of amides is 1. The highest BCUT2D eigenvalue weighted by atomic mass is 32.1. The largest absolute Gasteiger partial charge is 0.393 e. The third-order valence-corrected chi connectivity index (χ3v) is 2.73. The summed E-state index contributed by atoms with van der Waals surface area (Å²) in [7, 11) is 1.65. The van der Waals surface area contributed by atoms with E-state index in [0.29, 0.717) is 30.9 Å². The second-order valence-corrected chi connectivity index (χ2v) is 4.30. The van der Waals surface area contributed by atoms with E-state index >= 15 is 0 Å². The van der Waals surface area contributed by atoms with Crippen molar-refractivity contribution in [3.05, 3.63) is 0 Å². The molecule has 0 aromatic carbocycles. The fourth-order valence-electron chi connectivity index (χ4n) is 1.31. The Morgan fingerprint density at radius 1 is 1.50 bits per heavy atom. The van der Waals surface area contributed by atoms with E-state index in [-0.39, 0.29) is 12.0 Å². The Morgan fingerprint density at radius 3 is 2.56 bits per heavy atom. The van der Waals surface area contributed by atoms with E-state index in [0.717, 1.165) is 6.42 Å². The van der Waals surface area contributed by atoms with Crippen LogP contribution in [-0.4, -0.2) is 42.1 Å². The summed E-state index contributed by atoms with van der Waals surface area (Å²) in [5, 5.41) is 0. The number of hydrogen-bond acceptors (Lipinski definition) is 3. The summed E-state index contributed by atoms with van der Waals surface area (Å²) in [6.07, 6.45) is 1.98. The molecular weight excluding hydrogens is 224 g/mol. The summed E-state index contributed by atoms with van der Waals surface area (Å²) in [5.41, 5.74) is 5.41. The molecule has 4 nitrogen and oxygen atoms in total. The third kappa shape index (κ3) is 6.74. The van der Waals surface area contributed by atoms with Crippen LogP contribution in [0, 0.1) is 0 Å². The van der Waals surface area contributed by atoms with Crippen LogP contribution >= 0.6 is 12.2 Å². The van der Waals surface area contributed by atoms with Crippen molar-refractivity contribution in [1.82, 2.24) is 4.90 Å². The predicted octanol–water partition coefficient (Wildman–Crippen LogP) is 1.33. The lowest BCUT2D eigenvalue weighted by Crippen LogP contribution is -2.33. The first kappa shape index (κ1) is 15.3. The fraction of sp³-hybridized carbons (Fsp3) is 0.818. The summed E-state index contributed by atoms with van der Waals surface area (Å²) in [6.45, 7) is 5.23. The molecular formula is C11H22N2O2S. The fourth-order valence-corrected chi connectivity index (χ4v) is 1.40. The van der Waals surface area contributed by atoms with Crippen molar-refractivity contribution in [3.8, 4) is 0 Å². The zero-order valence-electron chi connectivity index (χ0n) is 10.4. The molecule has 0 aliphatic heterocycles. The van der Waals surface area contributed by atoms with Gasteiger partial charge >= 0.3 is 0 Å². The van der Waals surface area contributed by atoms with Gasteiger partial charge in [0, 0.05) is 33.0 Å². The highest BCUT2D eigenvalue weighted by Crippen LogP contribution is 2.04. The van der Waals surface area contributed by atoms with Crippen LogP contribution in [-0.2, 0) is 9.53 Å². The van der Waals surface area contributed by atoms with Gasteiger partial charge in [-0.15, -0.1) is 0 Å². The first-order valence-electron chi connectivity index (χ1n) is 5.60. The molecule has 0 fully saturated rings. The zero-order valence-corrected chi connectivity index (χ0v) is 11.2. The summed E-state index contributed by atoms with van der Waals surface area (Å²) in [6, 6.07) is 0. The van der Waals surface area contributed by atoms with Gasteiger partial charge in [0.25, 0.3) is 0 Å². The van der Waals surface area contributed by atoms with Gasteiger partial charge in [-0.2, -0.15) is 0 Å². The SMILES string of the molecule is CCN(CCC(N)=S)C(=O)CCC(C)OC. The molecule has 1 unspecified atom stereocenters. The van der Waals surface area contributed by atoms with Crippen LogP contribution in [0.4, 0.5) is 0 Å². The van der Waals surface area contributed by atoms with Crippen molar-refractivity contribution >= 4 is 23.1 Å². The average molecular weight is 246 g/mol. The maximum absolute atomic E-state index is 11.8. The molecule has 0 aromatic rings. The lowest BCUT2D eigenvalue weighted by atomic mass is 10.2. The Bertz CT molecular complexity index is 234. The molecule has 0 aliphatic carbocycles. The van der Waals surface area contributed by atoms with Gasteiger partial charge in [0.2, 0.25) is 5.91 Å². The summed E-state index contributed by atoms with van der Waals surface area (Å²) in [4.78, 5) is 14.0. The standard InChI is InChI=1S/C11H22N2O2S/c1-4-13(8-7-10(12)16)11(14)6-5-9(2)15-3/h9H,4-8H2,1-3H3,(H2,12,16). The van der Waals surface area contributed by atoms with Crippen LogP contribution in [0.25, 0.3) is 0 Å². The second kappa shape index (κ2) is 8.47. The summed E-state index contributed by atoms with van der Waals surface area (Å²) >= 11 is 4.79. The number of nitrogens with two attached hydrogens (primary N) is 1. The van der Waals surface area contributed by atoms with Crippen LogP contribution in [0.1, 0.15) is 33.1 Å². The molecule has 2 N–H and O–H groups in total. The molecule has 16 heavy (non-hydrogen) atoms. The molecule has 0 rings (SSSR count). The molecule has 0 spiro atoms. The Labute approximate surface area is 103 Å². The molecule has 1 atom stereocenters. The number of hydrogen-bond donors (Lipinski definition) is 1. The van der Waals surface area contributed by atoms with Gasteiger partial charge in [-0.25, -0.2) is 0 Å². The van der Waals surface area contributed by atoms with E-state index < -0.39 is 0 Å². The number of carbonyl (C=O) groups is 1. The van der Waals surface area contributed by atoms with Gasteiger partial charge in [-0.3, -0.25) is 4.79 Å². The lowest BCUT2D eigenvalue weighted by molar-refractivity contribution is -0.131. The molecule has 0 bridgehead atoms. The minimum Gasteiger partial charge on any atom is -0.393 e. The van der Waals surface area contributed by atoms with Crippen LogP contribution in [0.3, 0.4) is 0 Å². The first-order chi connectivity index (χ1) is 7.51. The van der Waals surface area contributed by atoms with E-state index in [1.54, 1.807) is 12.0 Å². The van der Waals surface area contributed by atoms with Crippen molar-refractivity contribution in [2.75, 3.05) is 20.2 Å². The number of rotatable bonds is 8. The number of nitrogens with zero attached hydrogens (tertiary/aromatic N) is 1. The Hall–Kier alpha value is -0.680. The van der Waals surface area contributed by atoms with Crippen LogP contribution < -0.4 is 5.73 Å². The van der Waals surface area contributed by atoms with Gasteiger partial charge in [-0.1, -0.05) is 12.2 Å². The number of thiocarbonyl (C=S) groups is 1. The van der Waals surface area contributed by atoms with Crippen LogP contribution in [0.5, 0.6) is 0 Å². The normalized spacial score (nSPS) is 12.2. The van der Waals surface area contributed by atoms with Crippen molar-refractivity contribution in [3.63, 3.8) is 0 Å². The zero-order chi connectivity index (χ0) is 12.6. The van der Waals surface area contributed by atoms with Crippen molar-refractivity contribution < 1.29 is 9.53 Å². The first-order valence-corrected chi connectivity index (χ1v) is 6.00. The van der Waals surface area contributed by atoms with Gasteiger partial charge in [0.15, 0.2) is 0 Å². The molecule has 5 heteroatoms. The van der Waals surface area contributed by atoms with Crippen LogP contribution in [0.2, 0.25) is 0 Å². The molecule has 1 amide bonds. The molecule has 0 saturated carbocycles. The van der Waals surface area contributed by atoms with E-state index in [2.05, 4.69) is 0 Å². The van der Waals surface area contributed by atoms with Crippen molar-refractivity contribution in [2.24, 2.45) is 5.73 Å². The number of methoxy groups -OCH3 is 1. The van der Waals surface area contributed by atoms with E-state index in [4.69, 9.17) is 22.7 Å². The monoisotopic (exact) mass is 246 g/mol. The van der Waals surface area contributed by atoms with E-state index in [1.165, 1.54) is 0 Å². The molecule has 0 heterocycles. The maximum Gasteiger partial charge on any atom is 0.222 e. The van der Waals surface area contributed by atoms with E-state index in [9.17, 15) is 4.79 Å². The predicted molar refractivity (Wildman–Crippen MR) is 69.4 cm³/mol. The third-order valence-electron chi connectivity index (χ3n) is 2.53. The minimum atomic E-state index is 0.123. The van der Waals surface area contributed by atoms with Gasteiger partial charge in [0.05, 0.1) is 11.1 Å². The molecule has 0 radical (unpaired) electrons. The van der Waals surface area contributed by atoms with Gasteiger partial charge < -0.3 is 15.4 Å². The van der Waals surface area contributed by atoms with E-state index in [1.807, 2.05) is 13.8 Å². The minimum absolute atomic E-state index is 0.123. The Balaban J connectivity index is 3.95. The molecule has 94 valence electrons. The Kier molecular flexibility index (Phi) is 8.11. The van der Waals surface area contributed by atoms with Crippen LogP contribution in [0.15, 0.2) is 0 Å². The quantitative estimate of drug-likeness (QED) is 0.656. The highest BCUT2D eigenvalue weighted by molar-refractivity contribution is 7.80. The highest BCUT2D eigenvalue weighted by Gasteiger charge is 2.12. The second-order valence-electron chi connectivity index (χ2n) is 3.77. The van der Waals surface area contributed by atoms with Crippen molar-refractivity contribution in [1.29, 1.82) is 0 Å². The van der Waals surface area contributed by atoms with Crippen molar-refractivity contribution in [2.45, 2.75) is 39.2 Å². The molecule has 0 saturated heterocycles. The number of carbonyl (C=O) groups excluding carboxylic acids is 1. The van der Waals surface area contributed by atoms with Gasteiger partial charge in [-0.05, 0) is 20.3 Å².